The molecule has 110 valence electrons. The van der Waals surface area contributed by atoms with E-state index in [9.17, 15) is 13.2 Å². The normalized spacial score (nSPS) is 22.8. The molecule has 1 unspecified atom stereocenters. The van der Waals surface area contributed by atoms with Gasteiger partial charge in [0, 0.05) is 16.5 Å². The van der Waals surface area contributed by atoms with Crippen molar-refractivity contribution in [2.24, 2.45) is 4.99 Å². The van der Waals surface area contributed by atoms with E-state index in [1.807, 2.05) is 13.8 Å². The van der Waals surface area contributed by atoms with Crippen molar-refractivity contribution >= 4 is 34.2 Å². The number of aliphatic imine (C=N–C) groups is 1. The van der Waals surface area contributed by atoms with E-state index in [0.717, 1.165) is 24.3 Å². The van der Waals surface area contributed by atoms with E-state index in [-0.39, 0.29) is 10.6 Å². The topological polar surface area (TPSA) is 24.4 Å². The fourth-order valence-electron chi connectivity index (χ4n) is 1.73. The van der Waals surface area contributed by atoms with Crippen LogP contribution < -0.4 is 5.32 Å². The maximum atomic E-state index is 12.7. The number of halogens is 4. The van der Waals surface area contributed by atoms with E-state index >= 15 is 0 Å². The molecule has 7 heteroatoms. The summed E-state index contributed by atoms with van der Waals surface area (Å²) in [6.07, 6.45) is -3.53. The third-order valence-electron chi connectivity index (χ3n) is 3.13. The Labute approximate surface area is 124 Å². The molecule has 1 N–H and O–H groups in total. The molecule has 0 amide bonds. The van der Waals surface area contributed by atoms with Gasteiger partial charge in [0.05, 0.1) is 11.1 Å². The van der Waals surface area contributed by atoms with Gasteiger partial charge in [-0.15, -0.1) is 0 Å². The van der Waals surface area contributed by atoms with E-state index in [2.05, 4.69) is 10.3 Å². The van der Waals surface area contributed by atoms with E-state index in [1.54, 1.807) is 0 Å². The van der Waals surface area contributed by atoms with Crippen LogP contribution >= 0.6 is 23.4 Å². The minimum absolute atomic E-state index is 0.0455. The molecule has 2 rings (SSSR count). The first-order chi connectivity index (χ1) is 9.22. The molecule has 0 saturated heterocycles. The van der Waals surface area contributed by atoms with Gasteiger partial charge in [0.25, 0.3) is 0 Å². The number of nitrogens with zero attached hydrogens (tertiary/aromatic N) is 1. The van der Waals surface area contributed by atoms with Crippen molar-refractivity contribution in [3.63, 3.8) is 0 Å². The predicted octanol–water partition coefficient (Wildman–Crippen LogP) is 5.04. The number of hydrogen-bond donors (Lipinski definition) is 1. The molecule has 0 spiro atoms. The Balaban J connectivity index is 2.23. The Bertz CT molecular complexity index is 545. The van der Waals surface area contributed by atoms with Crippen molar-refractivity contribution in [1.29, 1.82) is 0 Å². The van der Waals surface area contributed by atoms with Crippen LogP contribution in [-0.4, -0.2) is 16.5 Å². The molecule has 20 heavy (non-hydrogen) atoms. The highest BCUT2D eigenvalue weighted by Crippen LogP contribution is 2.35. The molecule has 1 aliphatic heterocycles. The standard InChI is InChI=1S/C13H14ClF3N2S/c1-3-12(2)7-20-11(19-12)18-10-5-8(13(15,16)17)4-9(14)6-10/h4-6H,3,7H2,1-2H3,(H,18,19). The van der Waals surface area contributed by atoms with Gasteiger partial charge in [-0.05, 0) is 31.5 Å². The monoisotopic (exact) mass is 322 g/mol. The van der Waals surface area contributed by atoms with Crippen LogP contribution in [-0.2, 0) is 6.18 Å². The van der Waals surface area contributed by atoms with Crippen LogP contribution in [0.3, 0.4) is 0 Å². The van der Waals surface area contributed by atoms with Gasteiger partial charge < -0.3 is 5.32 Å². The highest BCUT2D eigenvalue weighted by Gasteiger charge is 2.32. The van der Waals surface area contributed by atoms with Gasteiger partial charge >= 0.3 is 6.18 Å². The van der Waals surface area contributed by atoms with Crippen molar-refractivity contribution in [3.8, 4) is 0 Å². The van der Waals surface area contributed by atoms with Crippen LogP contribution in [0.5, 0.6) is 0 Å². The molecule has 0 aromatic heterocycles. The van der Waals surface area contributed by atoms with E-state index in [4.69, 9.17) is 11.6 Å². The Morgan fingerprint density at radius 3 is 2.65 bits per heavy atom. The zero-order valence-electron chi connectivity index (χ0n) is 11.0. The molecule has 2 nitrogen and oxygen atoms in total. The quantitative estimate of drug-likeness (QED) is 0.824. The summed E-state index contributed by atoms with van der Waals surface area (Å²) in [4.78, 5) is 4.50. The van der Waals surface area contributed by atoms with Gasteiger partial charge in [-0.2, -0.15) is 13.2 Å². The van der Waals surface area contributed by atoms with E-state index in [0.29, 0.717) is 10.9 Å². The van der Waals surface area contributed by atoms with Gasteiger partial charge in [-0.25, -0.2) is 0 Å². The third kappa shape index (κ3) is 3.61. The molecule has 0 fully saturated rings. The lowest BCUT2D eigenvalue weighted by molar-refractivity contribution is -0.137. The van der Waals surface area contributed by atoms with Crippen molar-refractivity contribution in [2.45, 2.75) is 32.0 Å². The first-order valence-electron chi connectivity index (χ1n) is 6.09. The number of nitrogens with one attached hydrogen (secondary N) is 1. The lowest BCUT2D eigenvalue weighted by atomic mass is 10.0. The maximum absolute atomic E-state index is 12.7. The van der Waals surface area contributed by atoms with Crippen molar-refractivity contribution in [2.75, 3.05) is 11.1 Å². The summed E-state index contributed by atoms with van der Waals surface area (Å²) in [6, 6.07) is 3.41. The Morgan fingerprint density at radius 2 is 2.10 bits per heavy atom. The molecule has 1 heterocycles. The van der Waals surface area contributed by atoms with E-state index in [1.165, 1.54) is 17.8 Å². The SMILES string of the molecule is CCC1(C)CSC(Nc2cc(Cl)cc(C(F)(F)F)c2)=N1. The molecule has 0 aliphatic carbocycles. The van der Waals surface area contributed by atoms with Gasteiger partial charge in [-0.3, -0.25) is 4.99 Å². The number of hydrogen-bond acceptors (Lipinski definition) is 3. The summed E-state index contributed by atoms with van der Waals surface area (Å²) in [5.74, 6) is 0.818. The number of rotatable bonds is 2. The summed E-state index contributed by atoms with van der Waals surface area (Å²) in [5, 5.41) is 3.59. The predicted molar refractivity (Wildman–Crippen MR) is 78.7 cm³/mol. The number of alkyl halides is 3. The second kappa shape index (κ2) is 5.48. The lowest BCUT2D eigenvalue weighted by Crippen LogP contribution is -2.20. The van der Waals surface area contributed by atoms with Crippen LogP contribution in [0.1, 0.15) is 25.8 Å². The second-order valence-corrected chi connectivity index (χ2v) is 6.31. The summed E-state index contributed by atoms with van der Waals surface area (Å²) in [7, 11) is 0. The van der Waals surface area contributed by atoms with Gasteiger partial charge in [0.15, 0.2) is 5.17 Å². The highest BCUT2D eigenvalue weighted by molar-refractivity contribution is 8.14. The fraction of sp³-hybridized carbons (Fsp3) is 0.462. The first kappa shape index (κ1) is 15.5. The smallest absolute Gasteiger partial charge is 0.335 e. The molecule has 0 radical (unpaired) electrons. The molecule has 1 aromatic rings. The zero-order valence-corrected chi connectivity index (χ0v) is 12.6. The van der Waals surface area contributed by atoms with E-state index < -0.39 is 11.7 Å². The van der Waals surface area contributed by atoms with Crippen molar-refractivity contribution in [3.05, 3.63) is 28.8 Å². The second-order valence-electron chi connectivity index (χ2n) is 4.91. The average molecular weight is 323 g/mol. The largest absolute Gasteiger partial charge is 0.416 e. The average Bonchev–Trinajstić information content (AvgIpc) is 2.70. The number of thioether (sulfide) groups is 1. The maximum Gasteiger partial charge on any atom is 0.416 e. The molecular formula is C13H14ClF3N2S. The van der Waals surface area contributed by atoms with Crippen LogP contribution in [0.25, 0.3) is 0 Å². The van der Waals surface area contributed by atoms with Gasteiger partial charge in [-0.1, -0.05) is 30.3 Å². The minimum atomic E-state index is -4.41. The summed E-state index contributed by atoms with van der Waals surface area (Å²) >= 11 is 7.24. The number of amidine groups is 1. The summed E-state index contributed by atoms with van der Waals surface area (Å²) in [5.41, 5.74) is -0.621. The molecule has 0 saturated carbocycles. The Morgan fingerprint density at radius 1 is 1.40 bits per heavy atom. The van der Waals surface area contributed by atoms with Crippen LogP contribution in [0, 0.1) is 0 Å². The molecule has 1 aliphatic rings. The number of benzene rings is 1. The molecule has 1 aromatic carbocycles. The lowest BCUT2D eigenvalue weighted by Gasteiger charge is -2.15. The minimum Gasteiger partial charge on any atom is -0.335 e. The van der Waals surface area contributed by atoms with Gasteiger partial charge in [0.1, 0.15) is 0 Å². The van der Waals surface area contributed by atoms with Crippen LogP contribution in [0.2, 0.25) is 5.02 Å². The van der Waals surface area contributed by atoms with Crippen LogP contribution in [0.4, 0.5) is 18.9 Å². The Kier molecular flexibility index (Phi) is 4.25. The summed E-state index contributed by atoms with van der Waals surface area (Å²) < 4.78 is 38.2. The van der Waals surface area contributed by atoms with Crippen LogP contribution in [0.15, 0.2) is 23.2 Å². The first-order valence-corrected chi connectivity index (χ1v) is 7.46. The zero-order chi connectivity index (χ0) is 15.0. The molecular weight excluding hydrogens is 309 g/mol. The summed E-state index contributed by atoms with van der Waals surface area (Å²) in [6.45, 7) is 4.06. The van der Waals surface area contributed by atoms with Gasteiger partial charge in [0.2, 0.25) is 0 Å². The molecule has 1 atom stereocenters. The van der Waals surface area contributed by atoms with Crippen molar-refractivity contribution < 1.29 is 13.2 Å². The Hall–Kier alpha value is -0.880. The molecule has 0 bridgehead atoms. The third-order valence-corrected chi connectivity index (χ3v) is 4.58. The van der Waals surface area contributed by atoms with Crippen molar-refractivity contribution in [1.82, 2.24) is 0 Å². The highest BCUT2D eigenvalue weighted by atomic mass is 35.5. The fourth-order valence-corrected chi connectivity index (χ4v) is 3.15. The number of anilines is 1.